The molecule has 0 atom stereocenters. The first-order chi connectivity index (χ1) is 9.81. The zero-order valence-corrected chi connectivity index (χ0v) is 13.8. The van der Waals surface area contributed by atoms with Gasteiger partial charge in [0.1, 0.15) is 0 Å². The van der Waals surface area contributed by atoms with Crippen LogP contribution >= 0.6 is 11.8 Å². The molecule has 0 bridgehead atoms. The van der Waals surface area contributed by atoms with Gasteiger partial charge >= 0.3 is 0 Å². The van der Waals surface area contributed by atoms with Crippen molar-refractivity contribution in [3.63, 3.8) is 0 Å². The maximum Gasteiger partial charge on any atom is 0.193 e. The lowest BCUT2D eigenvalue weighted by atomic mass is 10.1. The van der Waals surface area contributed by atoms with Crippen molar-refractivity contribution in [1.82, 2.24) is 10.2 Å². The lowest BCUT2D eigenvalue weighted by Crippen LogP contribution is -2.47. The molecule has 0 amide bonds. The summed E-state index contributed by atoms with van der Waals surface area (Å²) in [6, 6.07) is 0. The first-order valence-electron chi connectivity index (χ1n) is 7.65. The molecule has 0 aliphatic carbocycles. The second-order valence-electron chi connectivity index (χ2n) is 4.74. The molecule has 1 heterocycles. The van der Waals surface area contributed by atoms with Gasteiger partial charge in [0.25, 0.3) is 0 Å². The highest BCUT2D eigenvalue weighted by molar-refractivity contribution is 7.99. The predicted octanol–water partition coefficient (Wildman–Crippen LogP) is 2.37. The van der Waals surface area contributed by atoms with Crippen molar-refractivity contribution in [3.8, 4) is 0 Å². The van der Waals surface area contributed by atoms with Crippen LogP contribution in [0.15, 0.2) is 17.6 Å². The first-order valence-corrected chi connectivity index (χ1v) is 8.80. The van der Waals surface area contributed by atoms with Crippen LogP contribution in [-0.2, 0) is 4.74 Å². The third kappa shape index (κ3) is 6.66. The number of guanidine groups is 1. The molecule has 5 heteroatoms. The molecule has 0 radical (unpaired) electrons. The van der Waals surface area contributed by atoms with E-state index in [1.54, 1.807) is 0 Å². The molecule has 1 aliphatic rings. The summed E-state index contributed by atoms with van der Waals surface area (Å²) in [7, 11) is 0. The average Bonchev–Trinajstić information content (AvgIpc) is 2.47. The Bertz CT molecular complexity index is 289. The number of rotatable bonds is 8. The van der Waals surface area contributed by atoms with Gasteiger partial charge in [-0.3, -0.25) is 4.99 Å². The van der Waals surface area contributed by atoms with E-state index in [9.17, 15) is 0 Å². The number of piperidine rings is 1. The van der Waals surface area contributed by atoms with Gasteiger partial charge in [-0.25, -0.2) is 0 Å². The summed E-state index contributed by atoms with van der Waals surface area (Å²) < 4.78 is 5.70. The van der Waals surface area contributed by atoms with Crippen LogP contribution in [-0.4, -0.2) is 61.3 Å². The quantitative estimate of drug-likeness (QED) is 0.323. The van der Waals surface area contributed by atoms with Gasteiger partial charge in [0.05, 0.1) is 12.6 Å². The Labute approximate surface area is 128 Å². The fraction of sp³-hybridized carbons (Fsp3) is 0.800. The highest BCUT2D eigenvalue weighted by Crippen LogP contribution is 2.13. The second-order valence-corrected chi connectivity index (χ2v) is 5.89. The van der Waals surface area contributed by atoms with E-state index in [1.165, 1.54) is 0 Å². The topological polar surface area (TPSA) is 36.9 Å². The van der Waals surface area contributed by atoms with E-state index in [-0.39, 0.29) is 0 Å². The van der Waals surface area contributed by atoms with E-state index < -0.39 is 0 Å². The third-order valence-electron chi connectivity index (χ3n) is 3.21. The standard InChI is InChI=1S/C15H29N3OS/c1-4-12-20-13-9-17-15(16-5-2)18-10-7-14(8-11-18)19-6-3/h4,14H,1,5-13H2,2-3H3,(H,16,17). The molecular formula is C15H29N3OS. The minimum absolute atomic E-state index is 0.433. The minimum atomic E-state index is 0.433. The van der Waals surface area contributed by atoms with E-state index in [0.717, 1.165) is 63.1 Å². The van der Waals surface area contributed by atoms with Crippen LogP contribution in [0.4, 0.5) is 0 Å². The van der Waals surface area contributed by atoms with Crippen LogP contribution in [0.5, 0.6) is 0 Å². The average molecular weight is 299 g/mol. The van der Waals surface area contributed by atoms with Gasteiger partial charge in [0.15, 0.2) is 5.96 Å². The highest BCUT2D eigenvalue weighted by Gasteiger charge is 2.21. The Hall–Kier alpha value is -0.680. The number of ether oxygens (including phenoxy) is 1. The van der Waals surface area contributed by atoms with Crippen molar-refractivity contribution in [2.75, 3.05) is 44.3 Å². The van der Waals surface area contributed by atoms with Gasteiger partial charge in [-0.2, -0.15) is 11.8 Å². The first kappa shape index (κ1) is 17.4. The normalized spacial score (nSPS) is 17.3. The van der Waals surface area contributed by atoms with E-state index >= 15 is 0 Å². The molecule has 0 aromatic rings. The summed E-state index contributed by atoms with van der Waals surface area (Å²) in [4.78, 5) is 7.07. The van der Waals surface area contributed by atoms with Gasteiger partial charge in [-0.1, -0.05) is 6.08 Å². The van der Waals surface area contributed by atoms with Gasteiger partial charge in [0.2, 0.25) is 0 Å². The molecule has 20 heavy (non-hydrogen) atoms. The maximum atomic E-state index is 5.70. The molecule has 0 spiro atoms. The van der Waals surface area contributed by atoms with Crippen LogP contribution in [0.2, 0.25) is 0 Å². The van der Waals surface area contributed by atoms with Gasteiger partial charge in [-0.15, -0.1) is 6.58 Å². The van der Waals surface area contributed by atoms with Crippen LogP contribution in [0.3, 0.4) is 0 Å². The summed E-state index contributed by atoms with van der Waals surface area (Å²) in [5, 5.41) is 3.40. The van der Waals surface area contributed by atoms with Crippen molar-refractivity contribution < 1.29 is 4.74 Å². The monoisotopic (exact) mass is 299 g/mol. The Morgan fingerprint density at radius 2 is 2.20 bits per heavy atom. The van der Waals surface area contributed by atoms with Crippen LogP contribution in [0.1, 0.15) is 26.7 Å². The maximum absolute atomic E-state index is 5.70. The second kappa shape index (κ2) is 11.0. The summed E-state index contributed by atoms with van der Waals surface area (Å²) in [5.74, 6) is 3.11. The van der Waals surface area contributed by atoms with Crippen molar-refractivity contribution in [1.29, 1.82) is 0 Å². The molecule has 0 unspecified atom stereocenters. The number of hydrogen-bond acceptors (Lipinski definition) is 3. The zero-order valence-electron chi connectivity index (χ0n) is 12.9. The lowest BCUT2D eigenvalue weighted by Gasteiger charge is -2.34. The highest BCUT2D eigenvalue weighted by atomic mass is 32.2. The Morgan fingerprint density at radius 3 is 2.80 bits per heavy atom. The molecule has 4 nitrogen and oxygen atoms in total. The number of likely N-dealkylation sites (tertiary alicyclic amines) is 1. The summed E-state index contributed by atoms with van der Waals surface area (Å²) in [6.07, 6.45) is 4.58. The van der Waals surface area contributed by atoms with Crippen LogP contribution in [0.25, 0.3) is 0 Å². The molecule has 1 aliphatic heterocycles. The van der Waals surface area contributed by atoms with E-state index in [2.05, 4.69) is 30.6 Å². The molecule has 1 N–H and O–H groups in total. The molecule has 1 fully saturated rings. The molecule has 0 saturated carbocycles. The molecule has 0 aromatic heterocycles. The molecule has 1 rings (SSSR count). The van der Waals surface area contributed by atoms with Crippen molar-refractivity contribution in [3.05, 3.63) is 12.7 Å². The van der Waals surface area contributed by atoms with E-state index in [4.69, 9.17) is 9.73 Å². The number of nitrogens with zero attached hydrogens (tertiary/aromatic N) is 2. The lowest BCUT2D eigenvalue weighted by molar-refractivity contribution is 0.0264. The number of thioether (sulfide) groups is 1. The summed E-state index contributed by atoms with van der Waals surface area (Å²) in [6.45, 7) is 12.6. The predicted molar refractivity (Wildman–Crippen MR) is 89.7 cm³/mol. The van der Waals surface area contributed by atoms with Crippen LogP contribution < -0.4 is 5.32 Å². The molecule has 0 aromatic carbocycles. The fourth-order valence-corrected chi connectivity index (χ4v) is 2.83. The summed E-state index contributed by atoms with van der Waals surface area (Å²) >= 11 is 1.88. The molecular weight excluding hydrogens is 270 g/mol. The van der Waals surface area contributed by atoms with E-state index in [0.29, 0.717) is 6.10 Å². The zero-order chi connectivity index (χ0) is 14.6. The number of hydrogen-bond donors (Lipinski definition) is 1. The number of nitrogens with one attached hydrogen (secondary N) is 1. The van der Waals surface area contributed by atoms with Gasteiger partial charge in [0, 0.05) is 37.7 Å². The Balaban J connectivity index is 2.37. The smallest absolute Gasteiger partial charge is 0.193 e. The van der Waals surface area contributed by atoms with E-state index in [1.807, 2.05) is 17.8 Å². The SMILES string of the molecule is C=CCSCCN=C(NCC)N1CCC(OCC)CC1. The van der Waals surface area contributed by atoms with Crippen molar-refractivity contribution in [2.45, 2.75) is 32.8 Å². The van der Waals surface area contributed by atoms with Gasteiger partial charge < -0.3 is 15.0 Å². The fourth-order valence-electron chi connectivity index (χ4n) is 2.28. The molecule has 116 valence electrons. The minimum Gasteiger partial charge on any atom is -0.378 e. The summed E-state index contributed by atoms with van der Waals surface area (Å²) in [5.41, 5.74) is 0. The molecule has 1 saturated heterocycles. The third-order valence-corrected chi connectivity index (χ3v) is 4.15. The van der Waals surface area contributed by atoms with Gasteiger partial charge in [-0.05, 0) is 26.7 Å². The largest absolute Gasteiger partial charge is 0.378 e. The van der Waals surface area contributed by atoms with Crippen molar-refractivity contribution >= 4 is 17.7 Å². The Morgan fingerprint density at radius 1 is 1.45 bits per heavy atom. The van der Waals surface area contributed by atoms with Crippen LogP contribution in [0, 0.1) is 0 Å². The number of aliphatic imine (C=N–C) groups is 1. The Kier molecular flexibility index (Phi) is 9.58. The van der Waals surface area contributed by atoms with Crippen molar-refractivity contribution in [2.24, 2.45) is 4.99 Å².